The first-order chi connectivity index (χ1) is 14.3. The molecule has 0 saturated carbocycles. The number of nitrogens with zero attached hydrogens (tertiary/aromatic N) is 2. The van der Waals surface area contributed by atoms with Crippen molar-refractivity contribution in [3.63, 3.8) is 0 Å². The standard InChI is InChI=1S/C20H14Cl2N4O3S/c1-11-2-3-13(9-16(11)22)30(28,29)26-17-8-12(21)10-25-18(17)19(27)14-4-6-23-20-15(14)5-7-24-20/h2-10,26H,1H3,(H,23,24). The number of fused-ring (bicyclic) bond motifs is 1. The first-order valence-corrected chi connectivity index (χ1v) is 10.9. The Hall–Kier alpha value is -2.94. The number of carbonyl (C=O) groups is 1. The van der Waals surface area contributed by atoms with Gasteiger partial charge in [0.1, 0.15) is 11.3 Å². The third-order valence-electron chi connectivity index (χ3n) is 4.47. The van der Waals surface area contributed by atoms with Crippen LogP contribution < -0.4 is 4.72 Å². The summed E-state index contributed by atoms with van der Waals surface area (Å²) >= 11 is 12.1. The fourth-order valence-electron chi connectivity index (χ4n) is 2.93. The number of benzene rings is 1. The minimum absolute atomic E-state index is 0.0373. The second-order valence-electron chi connectivity index (χ2n) is 6.49. The maximum absolute atomic E-state index is 13.2. The van der Waals surface area contributed by atoms with Gasteiger partial charge in [0, 0.05) is 34.6 Å². The quantitative estimate of drug-likeness (QED) is 0.423. The van der Waals surface area contributed by atoms with Crippen molar-refractivity contribution in [2.24, 2.45) is 0 Å². The van der Waals surface area contributed by atoms with Crippen molar-refractivity contribution in [3.05, 3.63) is 81.9 Å². The van der Waals surface area contributed by atoms with Crippen LogP contribution in [0, 0.1) is 6.92 Å². The molecule has 0 aliphatic carbocycles. The molecule has 0 aliphatic heterocycles. The van der Waals surface area contributed by atoms with Crippen LogP contribution in [0.25, 0.3) is 11.0 Å². The Kier molecular flexibility index (Phi) is 5.23. The highest BCUT2D eigenvalue weighted by Gasteiger charge is 2.23. The zero-order valence-corrected chi connectivity index (χ0v) is 17.8. The van der Waals surface area contributed by atoms with Crippen molar-refractivity contribution < 1.29 is 13.2 Å². The van der Waals surface area contributed by atoms with E-state index in [0.29, 0.717) is 21.6 Å². The zero-order valence-electron chi connectivity index (χ0n) is 15.5. The Morgan fingerprint density at radius 3 is 2.67 bits per heavy atom. The predicted molar refractivity (Wildman–Crippen MR) is 116 cm³/mol. The maximum atomic E-state index is 13.2. The first-order valence-electron chi connectivity index (χ1n) is 8.67. The highest BCUT2D eigenvalue weighted by atomic mass is 35.5. The number of hydrogen-bond donors (Lipinski definition) is 2. The largest absolute Gasteiger partial charge is 0.346 e. The Bertz CT molecular complexity index is 1400. The summed E-state index contributed by atoms with van der Waals surface area (Å²) in [5, 5.41) is 1.08. The molecule has 3 aromatic heterocycles. The van der Waals surface area contributed by atoms with E-state index in [9.17, 15) is 13.2 Å². The molecule has 0 spiro atoms. The second-order valence-corrected chi connectivity index (χ2v) is 9.02. The lowest BCUT2D eigenvalue weighted by Gasteiger charge is -2.13. The van der Waals surface area contributed by atoms with Gasteiger partial charge >= 0.3 is 0 Å². The first kappa shape index (κ1) is 20.3. The average Bonchev–Trinajstić information content (AvgIpc) is 3.18. The normalized spacial score (nSPS) is 11.6. The summed E-state index contributed by atoms with van der Waals surface area (Å²) in [5.74, 6) is -0.474. The summed E-state index contributed by atoms with van der Waals surface area (Å²) in [4.78, 5) is 24.3. The van der Waals surface area contributed by atoms with Crippen LogP contribution in [-0.4, -0.2) is 29.2 Å². The number of H-pyrrole nitrogens is 1. The Labute approximate surface area is 182 Å². The van der Waals surface area contributed by atoms with Crippen molar-refractivity contribution >= 4 is 55.7 Å². The molecule has 4 rings (SSSR count). The highest BCUT2D eigenvalue weighted by Crippen LogP contribution is 2.27. The van der Waals surface area contributed by atoms with Crippen molar-refractivity contribution in [3.8, 4) is 0 Å². The molecule has 0 saturated heterocycles. The maximum Gasteiger partial charge on any atom is 0.262 e. The number of anilines is 1. The number of carbonyl (C=O) groups excluding carboxylic acids is 1. The molecule has 0 aliphatic rings. The van der Waals surface area contributed by atoms with Gasteiger partial charge in [0.25, 0.3) is 10.0 Å². The Morgan fingerprint density at radius 1 is 1.10 bits per heavy atom. The average molecular weight is 461 g/mol. The van der Waals surface area contributed by atoms with Crippen LogP contribution in [0.15, 0.2) is 59.9 Å². The minimum Gasteiger partial charge on any atom is -0.346 e. The minimum atomic E-state index is -4.04. The summed E-state index contributed by atoms with van der Waals surface area (Å²) < 4.78 is 28.2. The van der Waals surface area contributed by atoms with E-state index in [2.05, 4.69) is 19.7 Å². The fourth-order valence-corrected chi connectivity index (χ4v) is 4.42. The summed E-state index contributed by atoms with van der Waals surface area (Å²) in [5.41, 5.74) is 1.48. The van der Waals surface area contributed by atoms with E-state index < -0.39 is 15.8 Å². The van der Waals surface area contributed by atoms with E-state index in [1.807, 2.05) is 0 Å². The van der Waals surface area contributed by atoms with Gasteiger partial charge in [-0.25, -0.2) is 18.4 Å². The third-order valence-corrected chi connectivity index (χ3v) is 6.45. The Morgan fingerprint density at radius 2 is 1.90 bits per heavy atom. The number of sulfonamides is 1. The van der Waals surface area contributed by atoms with E-state index in [-0.39, 0.29) is 21.3 Å². The number of ketones is 1. The molecule has 7 nitrogen and oxygen atoms in total. The van der Waals surface area contributed by atoms with Crippen LogP contribution in [0.3, 0.4) is 0 Å². The molecule has 0 fully saturated rings. The molecule has 10 heteroatoms. The van der Waals surface area contributed by atoms with E-state index in [0.717, 1.165) is 5.56 Å². The molecule has 0 unspecified atom stereocenters. The molecule has 0 atom stereocenters. The topological polar surface area (TPSA) is 105 Å². The van der Waals surface area contributed by atoms with Gasteiger partial charge in [0.05, 0.1) is 15.6 Å². The van der Waals surface area contributed by atoms with Gasteiger partial charge in [-0.1, -0.05) is 29.3 Å². The van der Waals surface area contributed by atoms with Gasteiger partial charge in [0.15, 0.2) is 0 Å². The van der Waals surface area contributed by atoms with Gasteiger partial charge < -0.3 is 4.98 Å². The van der Waals surface area contributed by atoms with E-state index in [1.54, 1.807) is 31.3 Å². The number of nitrogens with one attached hydrogen (secondary N) is 2. The predicted octanol–water partition coefficient (Wildman–Crippen LogP) is 4.60. The van der Waals surface area contributed by atoms with Crippen LogP contribution in [-0.2, 0) is 10.0 Å². The lowest BCUT2D eigenvalue weighted by Crippen LogP contribution is -2.17. The molecule has 152 valence electrons. The SMILES string of the molecule is Cc1ccc(S(=O)(=O)Nc2cc(Cl)cnc2C(=O)c2ccnc3[nH]ccc23)cc1Cl. The van der Waals surface area contributed by atoms with Crippen LogP contribution in [0.1, 0.15) is 21.6 Å². The summed E-state index contributed by atoms with van der Waals surface area (Å²) in [7, 11) is -4.04. The van der Waals surface area contributed by atoms with Crippen LogP contribution >= 0.6 is 23.2 Å². The number of pyridine rings is 2. The van der Waals surface area contributed by atoms with Crippen LogP contribution in [0.4, 0.5) is 5.69 Å². The van der Waals surface area contributed by atoms with E-state index in [4.69, 9.17) is 23.2 Å². The van der Waals surface area contributed by atoms with Gasteiger partial charge in [0.2, 0.25) is 5.78 Å². The number of halogens is 2. The van der Waals surface area contributed by atoms with Gasteiger partial charge in [-0.15, -0.1) is 0 Å². The zero-order chi connectivity index (χ0) is 21.5. The number of aryl methyl sites for hydroxylation is 1. The van der Waals surface area contributed by atoms with Crippen molar-refractivity contribution in [1.82, 2.24) is 15.0 Å². The lowest BCUT2D eigenvalue weighted by atomic mass is 10.0. The van der Waals surface area contributed by atoms with Crippen LogP contribution in [0.2, 0.25) is 10.0 Å². The molecule has 0 bridgehead atoms. The molecule has 2 N–H and O–H groups in total. The number of hydrogen-bond acceptors (Lipinski definition) is 5. The molecule has 0 amide bonds. The molecule has 3 heterocycles. The summed E-state index contributed by atoms with van der Waals surface area (Å²) in [6, 6.07) is 8.96. The highest BCUT2D eigenvalue weighted by molar-refractivity contribution is 7.92. The lowest BCUT2D eigenvalue weighted by molar-refractivity contribution is 0.103. The van der Waals surface area contributed by atoms with Crippen molar-refractivity contribution in [2.45, 2.75) is 11.8 Å². The molecule has 1 aromatic carbocycles. The summed E-state index contributed by atoms with van der Waals surface area (Å²) in [6.07, 6.45) is 4.43. The summed E-state index contributed by atoms with van der Waals surface area (Å²) in [6.45, 7) is 1.76. The molecular weight excluding hydrogens is 447 g/mol. The number of rotatable bonds is 5. The third kappa shape index (κ3) is 3.77. The van der Waals surface area contributed by atoms with Gasteiger partial charge in [-0.3, -0.25) is 9.52 Å². The van der Waals surface area contributed by atoms with Gasteiger partial charge in [-0.05, 0) is 42.8 Å². The molecule has 4 aromatic rings. The van der Waals surface area contributed by atoms with Crippen LogP contribution in [0.5, 0.6) is 0 Å². The molecular formula is C20H14Cl2N4O3S. The van der Waals surface area contributed by atoms with E-state index in [1.165, 1.54) is 30.6 Å². The monoisotopic (exact) mass is 460 g/mol. The fraction of sp³-hybridized carbons (Fsp3) is 0.0500. The van der Waals surface area contributed by atoms with Gasteiger partial charge in [-0.2, -0.15) is 0 Å². The molecule has 30 heavy (non-hydrogen) atoms. The number of aromatic nitrogens is 3. The van der Waals surface area contributed by atoms with Crippen molar-refractivity contribution in [1.29, 1.82) is 0 Å². The van der Waals surface area contributed by atoms with E-state index >= 15 is 0 Å². The number of aromatic amines is 1. The Balaban J connectivity index is 1.78. The molecule has 0 radical (unpaired) electrons. The smallest absolute Gasteiger partial charge is 0.262 e. The van der Waals surface area contributed by atoms with Crippen molar-refractivity contribution in [2.75, 3.05) is 4.72 Å². The second kappa shape index (κ2) is 7.71.